The van der Waals surface area contributed by atoms with Crippen molar-refractivity contribution >= 4 is 34.4 Å². The molecule has 182 valence electrons. The molecule has 4 aromatic heterocycles. The topological polar surface area (TPSA) is 163 Å². The van der Waals surface area contributed by atoms with Crippen LogP contribution in [0.5, 0.6) is 11.6 Å². The van der Waals surface area contributed by atoms with Gasteiger partial charge >= 0.3 is 0 Å². The number of nitrogens with two attached hydrogens (primary N) is 1. The molecule has 5 rings (SSSR count). The Morgan fingerprint density at radius 1 is 1.14 bits per heavy atom. The molecular weight excluding hydrogens is 464 g/mol. The lowest BCUT2D eigenvalue weighted by Crippen LogP contribution is -2.16. The number of imidazole rings is 1. The average molecular weight is 486 g/mol. The number of anilines is 3. The van der Waals surface area contributed by atoms with Crippen LogP contribution in [0.15, 0.2) is 53.6 Å². The summed E-state index contributed by atoms with van der Waals surface area (Å²) >= 11 is 0. The van der Waals surface area contributed by atoms with Gasteiger partial charge in [0.05, 0.1) is 17.3 Å². The normalized spacial score (nSPS) is 11.0. The zero-order valence-corrected chi connectivity index (χ0v) is 19.7. The van der Waals surface area contributed by atoms with Crippen molar-refractivity contribution in [1.29, 1.82) is 0 Å². The van der Waals surface area contributed by atoms with Gasteiger partial charge in [-0.25, -0.2) is 24.6 Å². The molecule has 1 amide bonds. The minimum Gasteiger partial charge on any atom is -0.439 e. The van der Waals surface area contributed by atoms with Gasteiger partial charge < -0.3 is 25.3 Å². The molecule has 0 aliphatic rings. The number of carbonyl (C=O) groups excluding carboxylic acids is 1. The van der Waals surface area contributed by atoms with Crippen molar-refractivity contribution in [1.82, 2.24) is 34.8 Å². The lowest BCUT2D eigenvalue weighted by molar-refractivity contribution is 0.102. The molecular formula is C23H22N10O3. The number of fused-ring (bicyclic) bond motifs is 1. The van der Waals surface area contributed by atoms with E-state index in [1.54, 1.807) is 41.4 Å². The van der Waals surface area contributed by atoms with Crippen LogP contribution in [0, 0.1) is 0 Å². The number of hydrogen-bond donors (Lipinski definition) is 2. The van der Waals surface area contributed by atoms with E-state index in [0.717, 1.165) is 5.52 Å². The highest BCUT2D eigenvalue weighted by atomic mass is 16.6. The number of amides is 1. The van der Waals surface area contributed by atoms with Crippen molar-refractivity contribution < 1.29 is 14.2 Å². The number of pyridine rings is 1. The number of nitrogen functional groups attached to an aromatic ring is 1. The Morgan fingerprint density at radius 3 is 2.64 bits per heavy atom. The van der Waals surface area contributed by atoms with Gasteiger partial charge in [0.25, 0.3) is 5.91 Å². The second kappa shape index (κ2) is 9.29. The van der Waals surface area contributed by atoms with Crippen molar-refractivity contribution in [3.8, 4) is 23.1 Å². The highest BCUT2D eigenvalue weighted by Gasteiger charge is 2.19. The molecule has 0 unspecified atom stereocenters. The Labute approximate surface area is 204 Å². The molecule has 5 aromatic rings. The Hall–Kier alpha value is -5.07. The zero-order valence-electron chi connectivity index (χ0n) is 19.7. The SMILES string of the molecule is CCn1c(-c2nonc2N)nc2cnc(Oc3cccc(NC(=O)c4cnc(N(C)C)nc4)c3)cc21. The van der Waals surface area contributed by atoms with E-state index in [-0.39, 0.29) is 11.7 Å². The highest BCUT2D eigenvalue weighted by molar-refractivity contribution is 6.04. The van der Waals surface area contributed by atoms with Crippen LogP contribution in [0.25, 0.3) is 22.6 Å². The molecule has 4 heterocycles. The number of nitrogens with zero attached hydrogens (tertiary/aromatic N) is 8. The first kappa shape index (κ1) is 22.7. The van der Waals surface area contributed by atoms with Gasteiger partial charge in [0.1, 0.15) is 11.3 Å². The number of hydrogen-bond acceptors (Lipinski definition) is 11. The van der Waals surface area contributed by atoms with Gasteiger partial charge in [-0.05, 0) is 29.4 Å². The molecule has 3 N–H and O–H groups in total. The summed E-state index contributed by atoms with van der Waals surface area (Å²) in [5, 5.41) is 10.3. The molecule has 0 saturated carbocycles. The van der Waals surface area contributed by atoms with E-state index < -0.39 is 0 Å². The molecule has 0 bridgehead atoms. The zero-order chi connectivity index (χ0) is 25.2. The number of aryl methyl sites for hydroxylation is 1. The van der Waals surface area contributed by atoms with Crippen molar-refractivity contribution in [2.75, 3.05) is 30.0 Å². The lowest BCUT2D eigenvalue weighted by Gasteiger charge is -2.11. The van der Waals surface area contributed by atoms with Gasteiger partial charge in [0.2, 0.25) is 11.8 Å². The van der Waals surface area contributed by atoms with E-state index in [4.69, 9.17) is 15.1 Å². The quantitative estimate of drug-likeness (QED) is 0.347. The van der Waals surface area contributed by atoms with Crippen molar-refractivity contribution in [2.45, 2.75) is 13.5 Å². The third kappa shape index (κ3) is 4.36. The molecule has 0 atom stereocenters. The summed E-state index contributed by atoms with van der Waals surface area (Å²) in [5.74, 6) is 1.71. The Morgan fingerprint density at radius 2 is 1.94 bits per heavy atom. The number of aromatic nitrogens is 7. The minimum absolute atomic E-state index is 0.156. The molecule has 0 aliphatic heterocycles. The second-order valence-electron chi connectivity index (χ2n) is 7.94. The number of nitrogens with one attached hydrogen (secondary N) is 1. The summed E-state index contributed by atoms with van der Waals surface area (Å²) in [7, 11) is 3.65. The van der Waals surface area contributed by atoms with Gasteiger partial charge in [-0.3, -0.25) is 4.79 Å². The molecule has 13 heteroatoms. The third-order valence-corrected chi connectivity index (χ3v) is 5.27. The van der Waals surface area contributed by atoms with Gasteiger partial charge in [-0.15, -0.1) is 0 Å². The molecule has 0 saturated heterocycles. The van der Waals surface area contributed by atoms with Crippen molar-refractivity contribution in [3.05, 3.63) is 54.5 Å². The molecule has 36 heavy (non-hydrogen) atoms. The van der Waals surface area contributed by atoms with E-state index >= 15 is 0 Å². The minimum atomic E-state index is -0.335. The Kier molecular flexibility index (Phi) is 5.86. The maximum absolute atomic E-state index is 12.6. The van der Waals surface area contributed by atoms with E-state index in [1.165, 1.54) is 12.4 Å². The number of rotatable bonds is 7. The van der Waals surface area contributed by atoms with Crippen molar-refractivity contribution in [2.24, 2.45) is 0 Å². The standard InChI is InChI=1S/C23H22N10O3/c1-4-33-17-9-18(25-12-16(17)29-21(33)19-20(24)31-36-30-19)35-15-7-5-6-14(8-15)28-22(34)13-10-26-23(27-11-13)32(2)3/h5-12H,4H2,1-3H3,(H2,24,31)(H,28,34). The third-order valence-electron chi connectivity index (χ3n) is 5.27. The smallest absolute Gasteiger partial charge is 0.258 e. The maximum Gasteiger partial charge on any atom is 0.258 e. The second-order valence-corrected chi connectivity index (χ2v) is 7.94. The van der Waals surface area contributed by atoms with Crippen LogP contribution in [0.4, 0.5) is 17.5 Å². The number of carbonyl (C=O) groups is 1. The first-order valence-electron chi connectivity index (χ1n) is 11.0. The van der Waals surface area contributed by atoms with E-state index in [1.807, 2.05) is 25.6 Å². The fourth-order valence-corrected chi connectivity index (χ4v) is 3.55. The van der Waals surface area contributed by atoms with Gasteiger partial charge in [-0.1, -0.05) is 6.07 Å². The van der Waals surface area contributed by atoms with Gasteiger partial charge in [-0.2, -0.15) is 0 Å². The Balaban J connectivity index is 1.36. The summed E-state index contributed by atoms with van der Waals surface area (Å²) in [4.78, 5) is 31.6. The van der Waals surface area contributed by atoms with Crippen LogP contribution in [0.2, 0.25) is 0 Å². The highest BCUT2D eigenvalue weighted by Crippen LogP contribution is 2.30. The fourth-order valence-electron chi connectivity index (χ4n) is 3.55. The van der Waals surface area contributed by atoms with Crippen LogP contribution in [0.3, 0.4) is 0 Å². The molecule has 0 fully saturated rings. The van der Waals surface area contributed by atoms with Crippen LogP contribution in [0.1, 0.15) is 17.3 Å². The average Bonchev–Trinajstić information content (AvgIpc) is 3.46. The predicted octanol–water partition coefficient (Wildman–Crippen LogP) is 2.98. The van der Waals surface area contributed by atoms with Gasteiger partial charge in [0.15, 0.2) is 17.3 Å². The molecule has 13 nitrogen and oxygen atoms in total. The maximum atomic E-state index is 12.6. The van der Waals surface area contributed by atoms with Crippen LogP contribution in [-0.4, -0.2) is 54.8 Å². The van der Waals surface area contributed by atoms with E-state index in [0.29, 0.717) is 52.4 Å². The molecule has 0 aliphatic carbocycles. The summed E-state index contributed by atoms with van der Waals surface area (Å²) < 4.78 is 12.6. The molecule has 0 radical (unpaired) electrons. The largest absolute Gasteiger partial charge is 0.439 e. The summed E-state index contributed by atoms with van der Waals surface area (Å²) in [5.41, 5.74) is 8.53. The lowest BCUT2D eigenvalue weighted by atomic mass is 10.2. The predicted molar refractivity (Wildman–Crippen MR) is 132 cm³/mol. The summed E-state index contributed by atoms with van der Waals surface area (Å²) in [6.07, 6.45) is 4.56. The van der Waals surface area contributed by atoms with Gasteiger partial charge in [0, 0.05) is 50.9 Å². The van der Waals surface area contributed by atoms with Crippen LogP contribution >= 0.6 is 0 Å². The van der Waals surface area contributed by atoms with E-state index in [9.17, 15) is 4.79 Å². The van der Waals surface area contributed by atoms with Crippen LogP contribution in [-0.2, 0) is 6.54 Å². The molecule has 0 spiro atoms. The fraction of sp³-hybridized carbons (Fsp3) is 0.174. The first-order valence-corrected chi connectivity index (χ1v) is 11.0. The Bertz CT molecular complexity index is 1540. The van der Waals surface area contributed by atoms with E-state index in [2.05, 4.69) is 35.6 Å². The summed E-state index contributed by atoms with van der Waals surface area (Å²) in [6.45, 7) is 2.57. The monoisotopic (exact) mass is 486 g/mol. The number of ether oxygens (including phenoxy) is 1. The number of benzene rings is 1. The first-order chi connectivity index (χ1) is 17.4. The van der Waals surface area contributed by atoms with Crippen molar-refractivity contribution in [3.63, 3.8) is 0 Å². The summed E-state index contributed by atoms with van der Waals surface area (Å²) in [6, 6.07) is 8.76. The van der Waals surface area contributed by atoms with Crippen LogP contribution < -0.4 is 20.7 Å². The molecule has 1 aromatic carbocycles.